The van der Waals surface area contributed by atoms with Crippen molar-refractivity contribution in [1.82, 2.24) is 0 Å². The highest BCUT2D eigenvalue weighted by atomic mass is 79.9. The lowest BCUT2D eigenvalue weighted by molar-refractivity contribution is -0.149. The molecule has 0 saturated heterocycles. The summed E-state index contributed by atoms with van der Waals surface area (Å²) in [4.78, 5) is 36.6. The summed E-state index contributed by atoms with van der Waals surface area (Å²) in [6, 6.07) is 9.85. The molecule has 2 aromatic rings. The minimum atomic E-state index is -0.769. The second-order valence-corrected chi connectivity index (χ2v) is 7.05. The molecular weight excluding hydrogens is 471 g/mol. The second kappa shape index (κ2) is 10.8. The van der Waals surface area contributed by atoms with E-state index < -0.39 is 36.8 Å². The SMILES string of the molecule is NC(=O)CCN(C(=O)COC(=O)COc1ccc(Cl)cc1Br)c1ccc(F)cc1. The van der Waals surface area contributed by atoms with Gasteiger partial charge in [-0.25, -0.2) is 9.18 Å². The molecule has 0 heterocycles. The Labute approximate surface area is 179 Å². The van der Waals surface area contributed by atoms with Crippen molar-refractivity contribution in [1.29, 1.82) is 0 Å². The van der Waals surface area contributed by atoms with Crippen molar-refractivity contribution in [3.8, 4) is 5.75 Å². The van der Waals surface area contributed by atoms with E-state index >= 15 is 0 Å². The third-order valence-electron chi connectivity index (χ3n) is 3.62. The summed E-state index contributed by atoms with van der Waals surface area (Å²) in [6.07, 6.45) is -0.106. The Morgan fingerprint density at radius 1 is 1.10 bits per heavy atom. The standard InChI is InChI=1S/C19H17BrClFN2O5/c20-15-9-12(21)1-6-16(15)28-11-19(27)29-10-18(26)24(8-7-17(23)25)14-4-2-13(22)3-5-14/h1-6,9H,7-8,10-11H2,(H2,23,25). The summed E-state index contributed by atoms with van der Waals surface area (Å²) >= 11 is 9.08. The molecule has 0 saturated carbocycles. The quantitative estimate of drug-likeness (QED) is 0.548. The molecule has 10 heteroatoms. The fourth-order valence-electron chi connectivity index (χ4n) is 2.23. The molecule has 0 unspecified atom stereocenters. The molecule has 0 bridgehead atoms. The maximum atomic E-state index is 13.1. The van der Waals surface area contributed by atoms with Gasteiger partial charge in [-0.05, 0) is 58.4 Å². The number of esters is 1. The molecule has 2 amide bonds. The number of benzene rings is 2. The molecule has 0 aromatic heterocycles. The van der Waals surface area contributed by atoms with Crippen molar-refractivity contribution in [2.45, 2.75) is 6.42 Å². The Morgan fingerprint density at radius 3 is 2.41 bits per heavy atom. The molecule has 0 aliphatic heterocycles. The van der Waals surface area contributed by atoms with Gasteiger partial charge in [0.05, 0.1) is 4.47 Å². The highest BCUT2D eigenvalue weighted by Gasteiger charge is 2.19. The Bertz CT molecular complexity index is 895. The highest BCUT2D eigenvalue weighted by molar-refractivity contribution is 9.10. The van der Waals surface area contributed by atoms with Crippen molar-refractivity contribution in [2.24, 2.45) is 5.73 Å². The normalized spacial score (nSPS) is 10.3. The van der Waals surface area contributed by atoms with Gasteiger partial charge in [0.1, 0.15) is 11.6 Å². The Morgan fingerprint density at radius 2 is 1.79 bits per heavy atom. The third-order valence-corrected chi connectivity index (χ3v) is 4.47. The van der Waals surface area contributed by atoms with E-state index in [0.29, 0.717) is 20.9 Å². The first-order chi connectivity index (χ1) is 13.8. The topological polar surface area (TPSA) is 98.9 Å². The van der Waals surface area contributed by atoms with Crippen molar-refractivity contribution in [2.75, 3.05) is 24.7 Å². The summed E-state index contributed by atoms with van der Waals surface area (Å²) < 4.78 is 23.9. The van der Waals surface area contributed by atoms with Gasteiger partial charge in [-0.15, -0.1) is 0 Å². The summed E-state index contributed by atoms with van der Waals surface area (Å²) in [5.74, 6) is -2.07. The van der Waals surface area contributed by atoms with Crippen LogP contribution in [0.2, 0.25) is 5.02 Å². The number of primary amides is 1. The third kappa shape index (κ3) is 7.35. The van der Waals surface area contributed by atoms with E-state index in [1.54, 1.807) is 18.2 Å². The van der Waals surface area contributed by atoms with Crippen molar-refractivity contribution < 1.29 is 28.2 Å². The average molecular weight is 488 g/mol. The monoisotopic (exact) mass is 486 g/mol. The molecule has 0 aliphatic carbocycles. The molecule has 2 aromatic carbocycles. The van der Waals surface area contributed by atoms with Crippen molar-refractivity contribution in [3.05, 3.63) is 57.8 Å². The fourth-order valence-corrected chi connectivity index (χ4v) is 3.03. The van der Waals surface area contributed by atoms with Crippen LogP contribution in [0.5, 0.6) is 5.75 Å². The van der Waals surface area contributed by atoms with Crippen LogP contribution in [0.4, 0.5) is 10.1 Å². The van der Waals surface area contributed by atoms with Crippen LogP contribution in [0.3, 0.4) is 0 Å². The first-order valence-corrected chi connectivity index (χ1v) is 9.51. The largest absolute Gasteiger partial charge is 0.481 e. The van der Waals surface area contributed by atoms with E-state index in [1.165, 1.54) is 29.2 Å². The summed E-state index contributed by atoms with van der Waals surface area (Å²) in [7, 11) is 0. The van der Waals surface area contributed by atoms with Crippen LogP contribution in [0, 0.1) is 5.82 Å². The number of nitrogens with two attached hydrogens (primary N) is 1. The van der Waals surface area contributed by atoms with Gasteiger partial charge in [0.25, 0.3) is 5.91 Å². The lowest BCUT2D eigenvalue weighted by Gasteiger charge is -2.22. The molecule has 0 atom stereocenters. The molecule has 2 N–H and O–H groups in total. The number of hydrogen-bond acceptors (Lipinski definition) is 5. The van der Waals surface area contributed by atoms with Crippen LogP contribution < -0.4 is 15.4 Å². The van der Waals surface area contributed by atoms with Gasteiger partial charge in [0.2, 0.25) is 5.91 Å². The van der Waals surface area contributed by atoms with Gasteiger partial charge in [0, 0.05) is 23.7 Å². The zero-order chi connectivity index (χ0) is 21.4. The average Bonchev–Trinajstić information content (AvgIpc) is 2.67. The number of anilines is 1. The molecule has 0 radical (unpaired) electrons. The summed E-state index contributed by atoms with van der Waals surface area (Å²) in [5, 5.41) is 0.495. The fraction of sp³-hybridized carbons (Fsp3) is 0.211. The summed E-state index contributed by atoms with van der Waals surface area (Å²) in [6.45, 7) is -1.04. The summed E-state index contributed by atoms with van der Waals surface area (Å²) in [5.41, 5.74) is 5.47. The number of ether oxygens (including phenoxy) is 2. The number of carbonyl (C=O) groups excluding carboxylic acids is 3. The highest BCUT2D eigenvalue weighted by Crippen LogP contribution is 2.27. The Hall–Kier alpha value is -2.65. The van der Waals surface area contributed by atoms with Crippen molar-refractivity contribution >= 4 is 51.0 Å². The molecule has 154 valence electrons. The predicted octanol–water partition coefficient (Wildman–Crippen LogP) is 3.07. The Balaban J connectivity index is 1.93. The van der Waals surface area contributed by atoms with Gasteiger partial charge >= 0.3 is 5.97 Å². The maximum Gasteiger partial charge on any atom is 0.344 e. The molecule has 0 spiro atoms. The maximum absolute atomic E-state index is 13.1. The lowest BCUT2D eigenvalue weighted by Crippen LogP contribution is -2.37. The number of carbonyl (C=O) groups is 3. The molecule has 7 nitrogen and oxygen atoms in total. The van der Waals surface area contributed by atoms with Crippen LogP contribution in [-0.2, 0) is 19.1 Å². The number of rotatable bonds is 9. The van der Waals surface area contributed by atoms with Crippen LogP contribution in [0.1, 0.15) is 6.42 Å². The van der Waals surface area contributed by atoms with Crippen molar-refractivity contribution in [3.63, 3.8) is 0 Å². The molecule has 0 aliphatic rings. The van der Waals surface area contributed by atoms with Gasteiger partial charge in [0.15, 0.2) is 13.2 Å². The number of hydrogen-bond donors (Lipinski definition) is 1. The zero-order valence-corrected chi connectivity index (χ0v) is 17.4. The zero-order valence-electron chi connectivity index (χ0n) is 15.1. The molecular formula is C19H17BrClFN2O5. The van der Waals surface area contributed by atoms with Gasteiger partial charge < -0.3 is 20.1 Å². The minimum absolute atomic E-state index is 0.0361. The van der Waals surface area contributed by atoms with Gasteiger partial charge in [-0.2, -0.15) is 0 Å². The van der Waals surface area contributed by atoms with Crippen LogP contribution in [0.15, 0.2) is 46.9 Å². The van der Waals surface area contributed by atoms with Crippen LogP contribution in [-0.4, -0.2) is 37.5 Å². The number of nitrogens with zero attached hydrogens (tertiary/aromatic N) is 1. The minimum Gasteiger partial charge on any atom is -0.481 e. The molecule has 2 rings (SSSR count). The van der Waals surface area contributed by atoms with Crippen LogP contribution in [0.25, 0.3) is 0 Å². The van der Waals surface area contributed by atoms with Crippen LogP contribution >= 0.6 is 27.5 Å². The van der Waals surface area contributed by atoms with E-state index in [1.807, 2.05) is 0 Å². The number of amides is 2. The van der Waals surface area contributed by atoms with E-state index in [4.69, 9.17) is 26.8 Å². The van der Waals surface area contributed by atoms with Gasteiger partial charge in [-0.3, -0.25) is 9.59 Å². The van der Waals surface area contributed by atoms with Gasteiger partial charge in [-0.1, -0.05) is 11.6 Å². The van der Waals surface area contributed by atoms with E-state index in [2.05, 4.69) is 15.9 Å². The smallest absolute Gasteiger partial charge is 0.344 e. The molecule has 29 heavy (non-hydrogen) atoms. The first-order valence-electron chi connectivity index (χ1n) is 8.34. The van der Waals surface area contributed by atoms with E-state index in [-0.39, 0.29) is 13.0 Å². The Kier molecular flexibility index (Phi) is 8.41. The first kappa shape index (κ1) is 22.6. The van der Waals surface area contributed by atoms with E-state index in [9.17, 15) is 18.8 Å². The lowest BCUT2D eigenvalue weighted by atomic mass is 10.2. The second-order valence-electron chi connectivity index (χ2n) is 5.76. The predicted molar refractivity (Wildman–Crippen MR) is 108 cm³/mol. The number of halogens is 3. The van der Waals surface area contributed by atoms with E-state index in [0.717, 1.165) is 0 Å². The molecule has 0 fully saturated rings.